The van der Waals surface area contributed by atoms with Crippen molar-refractivity contribution in [3.8, 4) is 11.3 Å². The lowest BCUT2D eigenvalue weighted by molar-refractivity contribution is 0.587. The standard InChI is InChI=1S/C18H20N4O2S.2ClH/c1-19-11-14-10-17(15-6-4-3-5-7-15)22(13-14)25(23,24)16-8-9-18(20-2)21-12-16;;/h3-10,12-13,19H,11H2,1-2H3,(H,20,21);2*1H. The molecule has 0 aliphatic rings. The van der Waals surface area contributed by atoms with E-state index >= 15 is 0 Å². The van der Waals surface area contributed by atoms with E-state index < -0.39 is 10.0 Å². The monoisotopic (exact) mass is 428 g/mol. The van der Waals surface area contributed by atoms with Gasteiger partial charge in [-0.15, -0.1) is 24.8 Å². The summed E-state index contributed by atoms with van der Waals surface area (Å²) in [6, 6.07) is 14.6. The van der Waals surface area contributed by atoms with Crippen molar-refractivity contribution < 1.29 is 8.42 Å². The normalized spacial score (nSPS) is 10.6. The number of pyridine rings is 1. The number of nitrogens with zero attached hydrogens (tertiary/aromatic N) is 2. The predicted molar refractivity (Wildman–Crippen MR) is 113 cm³/mol. The number of anilines is 1. The predicted octanol–water partition coefficient (Wildman–Crippen LogP) is 3.39. The van der Waals surface area contributed by atoms with Gasteiger partial charge in [-0.3, -0.25) is 0 Å². The largest absolute Gasteiger partial charge is 0.373 e. The van der Waals surface area contributed by atoms with E-state index in [1.807, 2.05) is 43.4 Å². The Hall–Kier alpha value is -2.06. The molecule has 0 aliphatic carbocycles. The van der Waals surface area contributed by atoms with E-state index in [-0.39, 0.29) is 29.7 Å². The van der Waals surface area contributed by atoms with E-state index in [2.05, 4.69) is 15.6 Å². The molecule has 0 bridgehead atoms. The summed E-state index contributed by atoms with van der Waals surface area (Å²) in [7, 11) is -0.178. The highest BCUT2D eigenvalue weighted by molar-refractivity contribution is 7.90. The summed E-state index contributed by atoms with van der Waals surface area (Å²) >= 11 is 0. The van der Waals surface area contributed by atoms with Gasteiger partial charge in [-0.05, 0) is 36.4 Å². The van der Waals surface area contributed by atoms with Crippen LogP contribution in [0.1, 0.15) is 5.56 Å². The van der Waals surface area contributed by atoms with Gasteiger partial charge >= 0.3 is 0 Å². The van der Waals surface area contributed by atoms with Crippen molar-refractivity contribution in [2.24, 2.45) is 0 Å². The molecule has 1 aromatic carbocycles. The fourth-order valence-electron chi connectivity index (χ4n) is 2.61. The number of aromatic nitrogens is 2. The maximum atomic E-state index is 13.1. The first-order chi connectivity index (χ1) is 12.1. The Balaban J connectivity index is 0.00000182. The lowest BCUT2D eigenvalue weighted by Crippen LogP contribution is -2.14. The summed E-state index contributed by atoms with van der Waals surface area (Å²) in [5, 5.41) is 5.94. The minimum atomic E-state index is -3.74. The summed E-state index contributed by atoms with van der Waals surface area (Å²) in [4.78, 5) is 4.27. The van der Waals surface area contributed by atoms with E-state index in [4.69, 9.17) is 0 Å². The van der Waals surface area contributed by atoms with Gasteiger partial charge in [0, 0.05) is 26.0 Å². The van der Waals surface area contributed by atoms with Crippen LogP contribution in [0.15, 0.2) is 65.8 Å². The summed E-state index contributed by atoms with van der Waals surface area (Å²) in [6.07, 6.45) is 3.02. The van der Waals surface area contributed by atoms with Crippen molar-refractivity contribution in [2.45, 2.75) is 11.4 Å². The molecule has 0 amide bonds. The molecule has 0 saturated carbocycles. The zero-order valence-corrected chi connectivity index (χ0v) is 17.4. The van der Waals surface area contributed by atoms with Gasteiger partial charge in [0.15, 0.2) is 0 Å². The smallest absolute Gasteiger partial charge is 0.269 e. The van der Waals surface area contributed by atoms with Crippen molar-refractivity contribution in [1.29, 1.82) is 0 Å². The summed E-state index contributed by atoms with van der Waals surface area (Å²) in [5.41, 5.74) is 2.36. The molecular weight excluding hydrogens is 407 g/mol. The molecule has 6 nitrogen and oxygen atoms in total. The van der Waals surface area contributed by atoms with Gasteiger partial charge in [0.1, 0.15) is 10.7 Å². The third kappa shape index (κ3) is 4.81. The van der Waals surface area contributed by atoms with Crippen LogP contribution in [0.2, 0.25) is 0 Å². The molecular formula is C18H22Cl2N4O2S. The first kappa shape index (κ1) is 23.0. The molecule has 146 valence electrons. The molecule has 3 aromatic rings. The van der Waals surface area contributed by atoms with Crippen molar-refractivity contribution in [3.63, 3.8) is 0 Å². The highest BCUT2D eigenvalue weighted by atomic mass is 35.5. The molecule has 0 fully saturated rings. The molecule has 27 heavy (non-hydrogen) atoms. The second-order valence-corrected chi connectivity index (χ2v) is 7.37. The van der Waals surface area contributed by atoms with Gasteiger partial charge in [0.2, 0.25) is 0 Å². The molecule has 0 saturated heterocycles. The molecule has 9 heteroatoms. The first-order valence-electron chi connectivity index (χ1n) is 7.87. The van der Waals surface area contributed by atoms with E-state index in [1.165, 1.54) is 10.2 Å². The Bertz CT molecular complexity index is 959. The van der Waals surface area contributed by atoms with Gasteiger partial charge in [0.05, 0.1) is 5.69 Å². The zero-order valence-electron chi connectivity index (χ0n) is 14.9. The molecule has 2 aromatic heterocycles. The Kier molecular flexibility index (Phi) is 8.30. The van der Waals surface area contributed by atoms with Crippen LogP contribution in [-0.2, 0) is 16.6 Å². The van der Waals surface area contributed by atoms with Crippen LogP contribution >= 0.6 is 24.8 Å². The number of benzene rings is 1. The molecule has 2 heterocycles. The highest BCUT2D eigenvalue weighted by Gasteiger charge is 2.22. The van der Waals surface area contributed by atoms with Crippen molar-refractivity contribution in [3.05, 3.63) is 66.5 Å². The lowest BCUT2D eigenvalue weighted by Gasteiger charge is -2.11. The number of rotatable bonds is 6. The number of hydrogen-bond donors (Lipinski definition) is 2. The van der Waals surface area contributed by atoms with Crippen LogP contribution in [0.3, 0.4) is 0 Å². The second-order valence-electron chi connectivity index (χ2n) is 5.56. The minimum Gasteiger partial charge on any atom is -0.373 e. The molecule has 2 N–H and O–H groups in total. The van der Waals surface area contributed by atoms with Crippen LogP contribution in [0.4, 0.5) is 5.82 Å². The van der Waals surface area contributed by atoms with Crippen LogP contribution in [0.5, 0.6) is 0 Å². The van der Waals surface area contributed by atoms with Gasteiger partial charge in [0.25, 0.3) is 10.0 Å². The van der Waals surface area contributed by atoms with E-state index in [0.29, 0.717) is 18.1 Å². The van der Waals surface area contributed by atoms with E-state index in [0.717, 1.165) is 11.1 Å². The SMILES string of the molecule is CNCc1cc(-c2ccccc2)n(S(=O)(=O)c2ccc(NC)nc2)c1.Cl.Cl. The number of halogens is 2. The minimum absolute atomic E-state index is 0. The topological polar surface area (TPSA) is 76.0 Å². The number of nitrogens with one attached hydrogen (secondary N) is 2. The molecule has 3 rings (SSSR count). The Morgan fingerprint density at radius 1 is 1.04 bits per heavy atom. The van der Waals surface area contributed by atoms with Crippen LogP contribution in [-0.4, -0.2) is 31.5 Å². The third-order valence-corrected chi connectivity index (χ3v) is 5.50. The molecule has 0 spiro atoms. The lowest BCUT2D eigenvalue weighted by atomic mass is 10.1. The van der Waals surface area contributed by atoms with Crippen LogP contribution in [0, 0.1) is 0 Å². The van der Waals surface area contributed by atoms with E-state index in [9.17, 15) is 8.42 Å². The highest BCUT2D eigenvalue weighted by Crippen LogP contribution is 2.27. The van der Waals surface area contributed by atoms with Gasteiger partial charge in [-0.25, -0.2) is 17.4 Å². The van der Waals surface area contributed by atoms with Crippen LogP contribution < -0.4 is 10.6 Å². The first-order valence-corrected chi connectivity index (χ1v) is 9.31. The van der Waals surface area contributed by atoms with Crippen molar-refractivity contribution in [1.82, 2.24) is 14.3 Å². The molecule has 0 atom stereocenters. The molecule has 0 radical (unpaired) electrons. The number of hydrogen-bond acceptors (Lipinski definition) is 5. The fourth-order valence-corrected chi connectivity index (χ4v) is 3.95. The quantitative estimate of drug-likeness (QED) is 0.628. The van der Waals surface area contributed by atoms with Crippen molar-refractivity contribution >= 4 is 40.7 Å². The average molecular weight is 429 g/mol. The zero-order chi connectivity index (χ0) is 17.9. The Morgan fingerprint density at radius 2 is 1.74 bits per heavy atom. The maximum Gasteiger partial charge on any atom is 0.269 e. The van der Waals surface area contributed by atoms with Gasteiger partial charge in [-0.1, -0.05) is 30.3 Å². The van der Waals surface area contributed by atoms with E-state index in [1.54, 1.807) is 25.4 Å². The molecule has 0 aliphatic heterocycles. The Morgan fingerprint density at radius 3 is 2.30 bits per heavy atom. The van der Waals surface area contributed by atoms with Crippen LogP contribution in [0.25, 0.3) is 11.3 Å². The second kappa shape index (κ2) is 9.75. The maximum absolute atomic E-state index is 13.1. The fraction of sp³-hybridized carbons (Fsp3) is 0.167. The van der Waals surface area contributed by atoms with Crippen molar-refractivity contribution in [2.75, 3.05) is 19.4 Å². The summed E-state index contributed by atoms with van der Waals surface area (Å²) < 4.78 is 27.6. The van der Waals surface area contributed by atoms with Gasteiger partial charge in [-0.2, -0.15) is 0 Å². The average Bonchev–Trinajstić information content (AvgIpc) is 3.08. The van der Waals surface area contributed by atoms with Gasteiger partial charge < -0.3 is 10.6 Å². The Labute approximate surface area is 171 Å². The molecule has 0 unspecified atom stereocenters. The third-order valence-electron chi connectivity index (χ3n) is 3.84. The summed E-state index contributed by atoms with van der Waals surface area (Å²) in [6.45, 7) is 0.583. The summed E-state index contributed by atoms with van der Waals surface area (Å²) in [5.74, 6) is 0.616.